The lowest BCUT2D eigenvalue weighted by Crippen LogP contribution is -2.46. The van der Waals surface area contributed by atoms with Crippen LogP contribution in [-0.4, -0.2) is 29.0 Å². The predicted molar refractivity (Wildman–Crippen MR) is 100 cm³/mol. The van der Waals surface area contributed by atoms with Crippen LogP contribution in [0.1, 0.15) is 24.0 Å². The lowest BCUT2D eigenvalue weighted by molar-refractivity contribution is 0.201. The van der Waals surface area contributed by atoms with Gasteiger partial charge in [-0.3, -0.25) is 4.90 Å². The minimum absolute atomic E-state index is 0.463. The van der Waals surface area contributed by atoms with Gasteiger partial charge in [-0.2, -0.15) is 0 Å². The summed E-state index contributed by atoms with van der Waals surface area (Å²) >= 11 is 3.90. The summed E-state index contributed by atoms with van der Waals surface area (Å²) in [5.74, 6) is 0. The van der Waals surface area contributed by atoms with Gasteiger partial charge in [0.15, 0.2) is 0 Å². The van der Waals surface area contributed by atoms with Gasteiger partial charge in [-0.05, 0) is 30.0 Å². The van der Waals surface area contributed by atoms with Crippen LogP contribution in [-0.2, 0) is 13.0 Å². The smallest absolute Gasteiger partial charge is 0.0889 e. The highest BCUT2D eigenvalue weighted by Gasteiger charge is 2.34. The number of alkyl halides is 1. The molecule has 0 amide bonds. The average Bonchev–Trinajstić information content (AvgIpc) is 2.92. The number of para-hydroxylation sites is 1. The molecule has 0 radical (unpaired) electrons. The van der Waals surface area contributed by atoms with E-state index in [0.717, 1.165) is 13.0 Å². The van der Waals surface area contributed by atoms with Gasteiger partial charge in [-0.1, -0.05) is 64.5 Å². The Morgan fingerprint density at radius 3 is 2.39 bits per heavy atom. The molecule has 2 nitrogen and oxygen atoms in total. The molecule has 0 spiro atoms. The number of nitrogens with zero attached hydrogens (tertiary/aromatic N) is 2. The summed E-state index contributed by atoms with van der Waals surface area (Å²) in [6, 6.07) is 20.4. The van der Waals surface area contributed by atoms with Crippen LogP contribution in [0.3, 0.4) is 0 Å². The van der Waals surface area contributed by atoms with Crippen molar-refractivity contribution in [1.29, 1.82) is 0 Å². The number of likely N-dealkylation sites (tertiary alicyclic amines) is 1. The maximum Gasteiger partial charge on any atom is 0.0889 e. The van der Waals surface area contributed by atoms with Crippen molar-refractivity contribution in [2.24, 2.45) is 0 Å². The third-order valence-electron chi connectivity index (χ3n) is 5.16. The second kappa shape index (κ2) is 6.66. The van der Waals surface area contributed by atoms with E-state index in [2.05, 4.69) is 80.3 Å². The normalized spacial score (nSPS) is 22.3. The number of hydrogen-bond donors (Lipinski definition) is 0. The summed E-state index contributed by atoms with van der Waals surface area (Å²) in [6.45, 7) is 3.47. The number of hydrogen-bond acceptors (Lipinski definition) is 2. The fourth-order valence-corrected chi connectivity index (χ4v) is 4.89. The number of rotatable bonds is 3. The fraction of sp³-hybridized carbons (Fsp3) is 0.400. The van der Waals surface area contributed by atoms with Crippen LogP contribution in [0, 0.1) is 0 Å². The molecular weight excluding hydrogens is 348 g/mol. The third kappa shape index (κ3) is 3.17. The maximum absolute atomic E-state index is 3.90. The third-order valence-corrected chi connectivity index (χ3v) is 5.92. The molecule has 2 aromatic rings. The van der Waals surface area contributed by atoms with E-state index in [1.54, 1.807) is 0 Å². The van der Waals surface area contributed by atoms with E-state index in [1.807, 2.05) is 0 Å². The van der Waals surface area contributed by atoms with Crippen LogP contribution in [0.25, 0.3) is 0 Å². The van der Waals surface area contributed by atoms with E-state index in [9.17, 15) is 0 Å². The van der Waals surface area contributed by atoms with Crippen LogP contribution in [0.15, 0.2) is 54.6 Å². The molecule has 1 unspecified atom stereocenters. The topological polar surface area (TPSA) is 6.48 Å². The highest BCUT2D eigenvalue weighted by molar-refractivity contribution is 9.09. The molecule has 3 heteroatoms. The fourth-order valence-electron chi connectivity index (χ4n) is 3.99. The van der Waals surface area contributed by atoms with Gasteiger partial charge in [-0.25, -0.2) is 0 Å². The van der Waals surface area contributed by atoms with Crippen molar-refractivity contribution in [2.75, 3.05) is 18.0 Å². The van der Waals surface area contributed by atoms with Gasteiger partial charge in [0.1, 0.15) is 0 Å². The largest absolute Gasteiger partial charge is 0.355 e. The standard InChI is InChI=1S/C20H23BrN2/c21-20-14-17-8-4-5-9-19(17)23(20)18-10-12-22(13-11-18)15-16-6-2-1-3-7-16/h1-9,18,20H,10-15H2. The summed E-state index contributed by atoms with van der Waals surface area (Å²) in [7, 11) is 0. The first kappa shape index (κ1) is 15.2. The zero-order valence-electron chi connectivity index (χ0n) is 13.4. The van der Waals surface area contributed by atoms with E-state index in [-0.39, 0.29) is 0 Å². The molecule has 0 saturated carbocycles. The molecule has 2 aliphatic heterocycles. The molecule has 0 aliphatic carbocycles. The van der Waals surface area contributed by atoms with Crippen LogP contribution in [0.2, 0.25) is 0 Å². The minimum Gasteiger partial charge on any atom is -0.355 e. The molecule has 23 heavy (non-hydrogen) atoms. The van der Waals surface area contributed by atoms with Crippen molar-refractivity contribution >= 4 is 21.6 Å². The Hall–Kier alpha value is -1.32. The number of halogens is 1. The molecule has 0 N–H and O–H groups in total. The Balaban J connectivity index is 1.40. The van der Waals surface area contributed by atoms with Gasteiger partial charge in [-0.15, -0.1) is 0 Å². The van der Waals surface area contributed by atoms with E-state index in [4.69, 9.17) is 0 Å². The van der Waals surface area contributed by atoms with E-state index in [0.29, 0.717) is 11.0 Å². The van der Waals surface area contributed by atoms with Crippen LogP contribution in [0.4, 0.5) is 5.69 Å². The van der Waals surface area contributed by atoms with Crippen LogP contribution < -0.4 is 4.90 Å². The molecular formula is C20H23BrN2. The highest BCUT2D eigenvalue weighted by atomic mass is 79.9. The van der Waals surface area contributed by atoms with Gasteiger partial charge in [0.05, 0.1) is 4.95 Å². The van der Waals surface area contributed by atoms with E-state index >= 15 is 0 Å². The monoisotopic (exact) mass is 370 g/mol. The molecule has 2 aromatic carbocycles. The quantitative estimate of drug-likeness (QED) is 0.582. The molecule has 1 atom stereocenters. The molecule has 1 saturated heterocycles. The summed E-state index contributed by atoms with van der Waals surface area (Å²) in [5, 5.41) is 0. The van der Waals surface area contributed by atoms with Crippen molar-refractivity contribution in [3.63, 3.8) is 0 Å². The second-order valence-corrected chi connectivity index (χ2v) is 7.72. The average molecular weight is 371 g/mol. The van der Waals surface area contributed by atoms with Crippen molar-refractivity contribution in [3.8, 4) is 0 Å². The molecule has 0 aromatic heterocycles. The Morgan fingerprint density at radius 2 is 1.61 bits per heavy atom. The Bertz CT molecular complexity index is 650. The summed E-state index contributed by atoms with van der Waals surface area (Å²) in [5.41, 5.74) is 4.35. The Morgan fingerprint density at radius 1 is 0.913 bits per heavy atom. The first-order chi connectivity index (χ1) is 11.3. The van der Waals surface area contributed by atoms with Gasteiger partial charge < -0.3 is 4.90 Å². The molecule has 4 rings (SSSR count). The van der Waals surface area contributed by atoms with Crippen molar-refractivity contribution in [2.45, 2.75) is 36.8 Å². The number of fused-ring (bicyclic) bond motifs is 1. The van der Waals surface area contributed by atoms with E-state index < -0.39 is 0 Å². The predicted octanol–water partition coefficient (Wildman–Crippen LogP) is 4.43. The molecule has 120 valence electrons. The van der Waals surface area contributed by atoms with Crippen LogP contribution in [0.5, 0.6) is 0 Å². The first-order valence-corrected chi connectivity index (χ1v) is 9.49. The second-order valence-electron chi connectivity index (χ2n) is 6.67. The molecule has 1 fully saturated rings. The maximum atomic E-state index is 3.90. The number of anilines is 1. The molecule has 0 bridgehead atoms. The van der Waals surface area contributed by atoms with Crippen molar-refractivity contribution in [1.82, 2.24) is 4.90 Å². The summed E-state index contributed by atoms with van der Waals surface area (Å²) < 4.78 is 0. The molecule has 2 heterocycles. The lowest BCUT2D eigenvalue weighted by Gasteiger charge is -2.39. The van der Waals surface area contributed by atoms with Gasteiger partial charge in [0, 0.05) is 37.8 Å². The number of piperidine rings is 1. The molecule has 2 aliphatic rings. The zero-order valence-corrected chi connectivity index (χ0v) is 15.0. The van der Waals surface area contributed by atoms with Crippen molar-refractivity contribution < 1.29 is 0 Å². The van der Waals surface area contributed by atoms with Crippen molar-refractivity contribution in [3.05, 3.63) is 65.7 Å². The lowest BCUT2D eigenvalue weighted by atomic mass is 10.0. The van der Waals surface area contributed by atoms with Gasteiger partial charge in [0.2, 0.25) is 0 Å². The Kier molecular flexibility index (Phi) is 4.41. The van der Waals surface area contributed by atoms with Crippen LogP contribution >= 0.6 is 15.9 Å². The van der Waals surface area contributed by atoms with Gasteiger partial charge >= 0.3 is 0 Å². The number of benzene rings is 2. The highest BCUT2D eigenvalue weighted by Crippen LogP contribution is 2.38. The SMILES string of the molecule is BrC1Cc2ccccc2N1C1CCN(Cc2ccccc2)CC1. The first-order valence-electron chi connectivity index (χ1n) is 8.58. The van der Waals surface area contributed by atoms with E-state index in [1.165, 1.54) is 42.7 Å². The Labute approximate surface area is 147 Å². The zero-order chi connectivity index (χ0) is 15.6. The minimum atomic E-state index is 0.463. The van der Waals surface area contributed by atoms with Gasteiger partial charge in [0.25, 0.3) is 0 Å². The summed E-state index contributed by atoms with van der Waals surface area (Å²) in [4.78, 5) is 5.68. The summed E-state index contributed by atoms with van der Waals surface area (Å²) in [6.07, 6.45) is 3.63.